The Balaban J connectivity index is 2.62. The quantitative estimate of drug-likeness (QED) is 0.255. The van der Waals surface area contributed by atoms with E-state index in [2.05, 4.69) is 49.8 Å². The SMILES string of the molecule is CCCCCCCCN(CCCCCCCC)c1cc(C)c(N=[NH2+])c(C)c1. The van der Waals surface area contributed by atoms with Gasteiger partial charge in [0, 0.05) is 18.8 Å². The van der Waals surface area contributed by atoms with Crippen molar-refractivity contribution < 1.29 is 5.53 Å². The fourth-order valence-electron chi connectivity index (χ4n) is 3.86. The van der Waals surface area contributed by atoms with Crippen LogP contribution < -0.4 is 10.4 Å². The predicted molar refractivity (Wildman–Crippen MR) is 119 cm³/mol. The molecule has 1 aromatic carbocycles. The zero-order chi connectivity index (χ0) is 19.9. The first-order valence-corrected chi connectivity index (χ1v) is 11.4. The maximum Gasteiger partial charge on any atom is 0.135 e. The summed E-state index contributed by atoms with van der Waals surface area (Å²) < 4.78 is 0. The van der Waals surface area contributed by atoms with Crippen molar-refractivity contribution in [1.82, 2.24) is 0 Å². The molecule has 0 bridgehead atoms. The Morgan fingerprint density at radius 2 is 1.11 bits per heavy atom. The van der Waals surface area contributed by atoms with Gasteiger partial charge in [0.1, 0.15) is 5.69 Å². The molecule has 0 heterocycles. The second kappa shape index (κ2) is 14.6. The standard InChI is InChI=1S/C24H43N3/c1-5-7-9-11-13-15-17-27(18-16-14-12-10-8-6-2)23-19-21(3)24(26-25)22(4)20-23/h19-20,25H,5-18H2,1-4H3/p+1. The van der Waals surface area contributed by atoms with Crippen LogP contribution in [0.3, 0.4) is 0 Å². The van der Waals surface area contributed by atoms with E-state index in [1.807, 2.05) is 0 Å². The van der Waals surface area contributed by atoms with Crippen molar-refractivity contribution in [1.29, 1.82) is 0 Å². The molecule has 0 aliphatic carbocycles. The fourth-order valence-corrected chi connectivity index (χ4v) is 3.86. The first-order valence-electron chi connectivity index (χ1n) is 11.4. The van der Waals surface area contributed by atoms with Gasteiger partial charge < -0.3 is 4.90 Å². The minimum Gasteiger partial charge on any atom is -0.372 e. The lowest BCUT2D eigenvalue weighted by atomic mass is 10.1. The van der Waals surface area contributed by atoms with Gasteiger partial charge in [-0.05, 0) is 55.1 Å². The zero-order valence-corrected chi connectivity index (χ0v) is 18.5. The number of nitrogens with two attached hydrogens (primary N) is 1. The maximum absolute atomic E-state index is 5.57. The highest BCUT2D eigenvalue weighted by atomic mass is 15.1. The van der Waals surface area contributed by atoms with Crippen molar-refractivity contribution in [3.63, 3.8) is 0 Å². The van der Waals surface area contributed by atoms with Gasteiger partial charge in [-0.25, -0.2) is 0 Å². The molecular weight excluding hydrogens is 330 g/mol. The highest BCUT2D eigenvalue weighted by Crippen LogP contribution is 2.29. The van der Waals surface area contributed by atoms with Gasteiger partial charge in [0.2, 0.25) is 0 Å². The molecule has 154 valence electrons. The van der Waals surface area contributed by atoms with Crippen LogP contribution in [0.4, 0.5) is 11.4 Å². The van der Waals surface area contributed by atoms with Crippen LogP contribution in [0.15, 0.2) is 17.2 Å². The van der Waals surface area contributed by atoms with Crippen LogP contribution in [-0.2, 0) is 0 Å². The molecule has 0 atom stereocenters. The van der Waals surface area contributed by atoms with E-state index in [-0.39, 0.29) is 0 Å². The maximum atomic E-state index is 5.57. The van der Waals surface area contributed by atoms with Gasteiger partial charge in [-0.2, -0.15) is 5.53 Å². The number of hydrogen-bond acceptors (Lipinski definition) is 2. The molecule has 0 aliphatic rings. The molecule has 3 heteroatoms. The monoisotopic (exact) mass is 374 g/mol. The Morgan fingerprint density at radius 3 is 1.52 bits per heavy atom. The smallest absolute Gasteiger partial charge is 0.135 e. The van der Waals surface area contributed by atoms with Crippen molar-refractivity contribution in [2.24, 2.45) is 5.11 Å². The molecule has 0 spiro atoms. The third-order valence-corrected chi connectivity index (χ3v) is 5.53. The average molecular weight is 375 g/mol. The first kappa shape index (κ1) is 23.7. The molecule has 0 amide bonds. The average Bonchev–Trinajstić information content (AvgIpc) is 2.65. The van der Waals surface area contributed by atoms with E-state index < -0.39 is 0 Å². The first-order chi connectivity index (χ1) is 13.1. The van der Waals surface area contributed by atoms with Crippen LogP contribution >= 0.6 is 0 Å². The van der Waals surface area contributed by atoms with Crippen LogP contribution in [0.1, 0.15) is 102 Å². The lowest BCUT2D eigenvalue weighted by Crippen LogP contribution is -2.26. The predicted octanol–water partition coefficient (Wildman–Crippen LogP) is 6.67. The lowest BCUT2D eigenvalue weighted by Gasteiger charge is -2.26. The molecule has 1 aromatic rings. The van der Waals surface area contributed by atoms with Crippen molar-refractivity contribution >= 4 is 11.4 Å². The van der Waals surface area contributed by atoms with E-state index in [0.717, 1.165) is 5.69 Å². The normalized spacial score (nSPS) is 11.0. The fraction of sp³-hybridized carbons (Fsp3) is 0.750. The summed E-state index contributed by atoms with van der Waals surface area (Å²) in [6.45, 7) is 11.1. The van der Waals surface area contributed by atoms with Gasteiger partial charge in [0.15, 0.2) is 0 Å². The number of rotatable bonds is 16. The van der Waals surface area contributed by atoms with Crippen LogP contribution in [0.25, 0.3) is 0 Å². The number of aryl methyl sites for hydroxylation is 2. The lowest BCUT2D eigenvalue weighted by molar-refractivity contribution is -0.210. The third kappa shape index (κ3) is 9.39. The molecule has 0 radical (unpaired) electrons. The second-order valence-electron chi connectivity index (χ2n) is 8.08. The molecule has 0 aromatic heterocycles. The van der Waals surface area contributed by atoms with E-state index in [9.17, 15) is 0 Å². The van der Waals surface area contributed by atoms with Crippen molar-refractivity contribution in [3.05, 3.63) is 23.3 Å². The molecule has 0 saturated carbocycles. The number of anilines is 1. The molecule has 27 heavy (non-hydrogen) atoms. The Kier molecular flexibility index (Phi) is 12.8. The summed E-state index contributed by atoms with van der Waals surface area (Å²) in [5.74, 6) is 0. The van der Waals surface area contributed by atoms with E-state index in [1.165, 1.54) is 107 Å². The van der Waals surface area contributed by atoms with Crippen molar-refractivity contribution in [2.45, 2.75) is 105 Å². The van der Waals surface area contributed by atoms with Crippen LogP contribution in [0, 0.1) is 13.8 Å². The van der Waals surface area contributed by atoms with Crippen molar-refractivity contribution in [3.8, 4) is 0 Å². The van der Waals surface area contributed by atoms with Gasteiger partial charge in [0.25, 0.3) is 0 Å². The highest BCUT2D eigenvalue weighted by Gasteiger charge is 2.11. The summed E-state index contributed by atoms with van der Waals surface area (Å²) >= 11 is 0. The van der Waals surface area contributed by atoms with Crippen LogP contribution in [0.5, 0.6) is 0 Å². The number of hydrogen-bond donors (Lipinski definition) is 1. The molecule has 0 unspecified atom stereocenters. The Bertz CT molecular complexity index is 485. The third-order valence-electron chi connectivity index (χ3n) is 5.53. The highest BCUT2D eigenvalue weighted by molar-refractivity contribution is 5.61. The van der Waals surface area contributed by atoms with E-state index in [4.69, 9.17) is 5.53 Å². The van der Waals surface area contributed by atoms with Crippen LogP contribution in [0.2, 0.25) is 0 Å². The number of nitrogens with zero attached hydrogens (tertiary/aromatic N) is 2. The summed E-state index contributed by atoms with van der Waals surface area (Å²) in [6, 6.07) is 4.54. The van der Waals surface area contributed by atoms with Crippen molar-refractivity contribution in [2.75, 3.05) is 18.0 Å². The molecule has 0 saturated heterocycles. The van der Waals surface area contributed by atoms with E-state index in [0.29, 0.717) is 0 Å². The minimum absolute atomic E-state index is 0.942. The van der Waals surface area contributed by atoms with Gasteiger partial charge >= 0.3 is 0 Å². The van der Waals surface area contributed by atoms with E-state index in [1.54, 1.807) is 0 Å². The summed E-state index contributed by atoms with van der Waals surface area (Å²) in [7, 11) is 0. The largest absolute Gasteiger partial charge is 0.372 e. The van der Waals surface area contributed by atoms with Gasteiger partial charge in [0.05, 0.1) is 0 Å². The summed E-state index contributed by atoms with van der Waals surface area (Å²) in [5.41, 5.74) is 10.2. The molecule has 0 aliphatic heterocycles. The van der Waals surface area contributed by atoms with Gasteiger partial charge in [-0.3, -0.25) is 0 Å². The Labute approximate surface area is 168 Å². The summed E-state index contributed by atoms with van der Waals surface area (Å²) in [4.78, 5) is 2.60. The topological polar surface area (TPSA) is 41.2 Å². The Morgan fingerprint density at radius 1 is 0.704 bits per heavy atom. The Hall–Kier alpha value is -1.38. The molecular formula is C24H44N3+. The molecule has 0 fully saturated rings. The number of unbranched alkanes of at least 4 members (excludes halogenated alkanes) is 10. The molecule has 2 N–H and O–H groups in total. The zero-order valence-electron chi connectivity index (χ0n) is 18.5. The summed E-state index contributed by atoms with van der Waals surface area (Å²) in [6.07, 6.45) is 16.2. The minimum atomic E-state index is 0.942. The van der Waals surface area contributed by atoms with Gasteiger partial charge in [-0.15, -0.1) is 0 Å². The van der Waals surface area contributed by atoms with Crippen LogP contribution in [-0.4, -0.2) is 13.1 Å². The number of benzene rings is 1. The van der Waals surface area contributed by atoms with E-state index >= 15 is 0 Å². The van der Waals surface area contributed by atoms with Gasteiger partial charge in [-0.1, -0.05) is 78.1 Å². The second-order valence-corrected chi connectivity index (χ2v) is 8.08. The summed E-state index contributed by atoms with van der Waals surface area (Å²) in [5, 5.41) is 3.96. The molecule has 3 nitrogen and oxygen atoms in total. The molecule has 1 rings (SSSR count).